The number of halogens is 1. The molecule has 0 radical (unpaired) electrons. The number of nitriles is 1. The predicted octanol–water partition coefficient (Wildman–Crippen LogP) is 3.97. The summed E-state index contributed by atoms with van der Waals surface area (Å²) in [5.74, 6) is -0.645. The van der Waals surface area contributed by atoms with Crippen LogP contribution in [0.4, 0.5) is 5.69 Å². The van der Waals surface area contributed by atoms with Crippen LogP contribution in [0.5, 0.6) is 0 Å². The number of nitrogens with one attached hydrogen (secondary N) is 1. The highest BCUT2D eigenvalue weighted by Gasteiger charge is 2.38. The van der Waals surface area contributed by atoms with Crippen LogP contribution in [0.2, 0.25) is 0 Å². The standard InChI is InChI=1S/C20H16BrN3O2S/c1-13-19(26)24(16-9-7-15(21)8-10-16)20(27-13)17(11-22)18(25)23-12-14-5-3-2-4-6-14/h2-10,13H,12H2,1H3,(H,23,25)/b20-17+/t13-/m1/s1. The van der Waals surface area contributed by atoms with E-state index in [2.05, 4.69) is 21.2 Å². The van der Waals surface area contributed by atoms with Gasteiger partial charge in [-0.3, -0.25) is 14.5 Å². The van der Waals surface area contributed by atoms with Gasteiger partial charge in [-0.05, 0) is 36.8 Å². The normalized spacial score (nSPS) is 18.2. The molecule has 0 saturated carbocycles. The third-order valence-electron chi connectivity index (χ3n) is 3.99. The van der Waals surface area contributed by atoms with Gasteiger partial charge in [0.05, 0.1) is 5.25 Å². The first-order chi connectivity index (χ1) is 13.0. The van der Waals surface area contributed by atoms with Gasteiger partial charge in [0, 0.05) is 16.7 Å². The number of thioether (sulfide) groups is 1. The zero-order valence-electron chi connectivity index (χ0n) is 14.5. The minimum absolute atomic E-state index is 0.0588. The average Bonchev–Trinajstić information content (AvgIpc) is 2.97. The van der Waals surface area contributed by atoms with E-state index in [9.17, 15) is 14.9 Å². The largest absolute Gasteiger partial charge is 0.347 e. The van der Waals surface area contributed by atoms with Crippen LogP contribution < -0.4 is 10.2 Å². The molecule has 1 aliphatic heterocycles. The van der Waals surface area contributed by atoms with E-state index < -0.39 is 5.91 Å². The maximum atomic E-state index is 12.6. The molecule has 1 heterocycles. The predicted molar refractivity (Wildman–Crippen MR) is 110 cm³/mol. The van der Waals surface area contributed by atoms with Crippen molar-refractivity contribution in [2.24, 2.45) is 0 Å². The van der Waals surface area contributed by atoms with E-state index in [0.29, 0.717) is 17.3 Å². The maximum Gasteiger partial charge on any atom is 0.264 e. The van der Waals surface area contributed by atoms with Gasteiger partial charge in [0.25, 0.3) is 5.91 Å². The fourth-order valence-electron chi connectivity index (χ4n) is 2.62. The molecule has 0 aromatic heterocycles. The highest BCUT2D eigenvalue weighted by Crippen LogP contribution is 2.40. The number of anilines is 1. The van der Waals surface area contributed by atoms with Crippen LogP contribution in [0.3, 0.4) is 0 Å². The lowest BCUT2D eigenvalue weighted by Crippen LogP contribution is -2.30. The van der Waals surface area contributed by atoms with Crippen molar-refractivity contribution in [1.29, 1.82) is 5.26 Å². The highest BCUT2D eigenvalue weighted by atomic mass is 79.9. The van der Waals surface area contributed by atoms with Crippen molar-refractivity contribution in [2.75, 3.05) is 4.90 Å². The molecule has 0 unspecified atom stereocenters. The zero-order valence-corrected chi connectivity index (χ0v) is 16.9. The Bertz CT molecular complexity index is 936. The SMILES string of the molecule is C[C@H]1S/C(=C(\C#N)C(=O)NCc2ccccc2)N(c2ccc(Br)cc2)C1=O. The second-order valence-electron chi connectivity index (χ2n) is 5.87. The van der Waals surface area contributed by atoms with Crippen molar-refractivity contribution in [3.8, 4) is 6.07 Å². The van der Waals surface area contributed by atoms with Gasteiger partial charge in [-0.2, -0.15) is 5.26 Å². The fourth-order valence-corrected chi connectivity index (χ4v) is 3.98. The van der Waals surface area contributed by atoms with Crippen molar-refractivity contribution in [3.05, 3.63) is 75.2 Å². The first-order valence-electron chi connectivity index (χ1n) is 8.24. The summed E-state index contributed by atoms with van der Waals surface area (Å²) in [6.07, 6.45) is 0. The first-order valence-corrected chi connectivity index (χ1v) is 9.91. The molecule has 5 nitrogen and oxygen atoms in total. The van der Waals surface area contributed by atoms with Crippen molar-refractivity contribution in [1.82, 2.24) is 5.32 Å². The van der Waals surface area contributed by atoms with E-state index in [-0.39, 0.29) is 16.7 Å². The fraction of sp³-hybridized carbons (Fsp3) is 0.150. The number of carbonyl (C=O) groups excluding carboxylic acids is 2. The van der Waals surface area contributed by atoms with Crippen LogP contribution in [0.25, 0.3) is 0 Å². The molecular formula is C20H16BrN3O2S. The molecule has 27 heavy (non-hydrogen) atoms. The summed E-state index contributed by atoms with van der Waals surface area (Å²) in [4.78, 5) is 26.7. The van der Waals surface area contributed by atoms with Crippen LogP contribution in [-0.2, 0) is 16.1 Å². The molecule has 0 spiro atoms. The summed E-state index contributed by atoms with van der Waals surface area (Å²) in [7, 11) is 0. The number of benzene rings is 2. The van der Waals surface area contributed by atoms with Gasteiger partial charge in [0.2, 0.25) is 5.91 Å². The summed E-state index contributed by atoms with van der Waals surface area (Å²) < 4.78 is 0.880. The van der Waals surface area contributed by atoms with E-state index >= 15 is 0 Å². The van der Waals surface area contributed by atoms with E-state index in [1.807, 2.05) is 48.5 Å². The number of carbonyl (C=O) groups is 2. The van der Waals surface area contributed by atoms with Crippen molar-refractivity contribution in [3.63, 3.8) is 0 Å². The van der Waals surface area contributed by atoms with Gasteiger partial charge < -0.3 is 5.32 Å². The zero-order chi connectivity index (χ0) is 19.4. The molecule has 0 bridgehead atoms. The molecule has 1 saturated heterocycles. The summed E-state index contributed by atoms with van der Waals surface area (Å²) in [5, 5.41) is 12.4. The third kappa shape index (κ3) is 4.24. The van der Waals surface area contributed by atoms with Gasteiger partial charge in [-0.1, -0.05) is 58.0 Å². The second-order valence-corrected chi connectivity index (χ2v) is 8.12. The molecule has 0 aliphatic carbocycles. The number of nitrogens with zero attached hydrogens (tertiary/aromatic N) is 2. The van der Waals surface area contributed by atoms with E-state index in [1.54, 1.807) is 19.1 Å². The van der Waals surface area contributed by atoms with Crippen LogP contribution in [0.1, 0.15) is 12.5 Å². The monoisotopic (exact) mass is 441 g/mol. The van der Waals surface area contributed by atoms with E-state index in [1.165, 1.54) is 16.7 Å². The lowest BCUT2D eigenvalue weighted by atomic mass is 10.2. The minimum atomic E-state index is -0.493. The number of hydrogen-bond acceptors (Lipinski definition) is 4. The summed E-state index contributed by atoms with van der Waals surface area (Å²) in [6, 6.07) is 18.6. The summed E-state index contributed by atoms with van der Waals surface area (Å²) >= 11 is 4.59. The lowest BCUT2D eigenvalue weighted by Gasteiger charge is -2.18. The Labute approximate surface area is 170 Å². The van der Waals surface area contributed by atoms with Crippen molar-refractivity contribution in [2.45, 2.75) is 18.7 Å². The van der Waals surface area contributed by atoms with E-state index in [4.69, 9.17) is 0 Å². The molecule has 136 valence electrons. The first kappa shape index (κ1) is 19.2. The molecule has 1 aliphatic rings. The summed E-state index contributed by atoms with van der Waals surface area (Å²) in [5.41, 5.74) is 1.50. The molecule has 7 heteroatoms. The van der Waals surface area contributed by atoms with Gasteiger partial charge >= 0.3 is 0 Å². The smallest absolute Gasteiger partial charge is 0.264 e. The number of hydrogen-bond donors (Lipinski definition) is 1. The Hall–Kier alpha value is -2.56. The maximum absolute atomic E-state index is 12.6. The Morgan fingerprint density at radius 2 is 1.89 bits per heavy atom. The number of amides is 2. The van der Waals surface area contributed by atoms with E-state index in [0.717, 1.165) is 10.0 Å². The molecule has 1 atom stereocenters. The minimum Gasteiger partial charge on any atom is -0.347 e. The van der Waals surface area contributed by atoms with Gasteiger partial charge in [0.15, 0.2) is 0 Å². The van der Waals surface area contributed by atoms with Crippen LogP contribution in [-0.4, -0.2) is 17.1 Å². The van der Waals surface area contributed by atoms with Gasteiger partial charge in [-0.25, -0.2) is 0 Å². The van der Waals surface area contributed by atoms with Crippen molar-refractivity contribution < 1.29 is 9.59 Å². The Morgan fingerprint density at radius 3 is 2.52 bits per heavy atom. The Balaban J connectivity index is 1.91. The molecule has 3 rings (SSSR count). The molecule has 2 amide bonds. The van der Waals surface area contributed by atoms with Gasteiger partial charge in [0.1, 0.15) is 16.7 Å². The molecule has 2 aromatic carbocycles. The third-order valence-corrected chi connectivity index (χ3v) is 5.69. The quantitative estimate of drug-likeness (QED) is 0.575. The molecule has 1 fully saturated rings. The molecular weight excluding hydrogens is 426 g/mol. The summed E-state index contributed by atoms with van der Waals surface area (Å²) in [6.45, 7) is 2.08. The van der Waals surface area contributed by atoms with Gasteiger partial charge in [-0.15, -0.1) is 0 Å². The Morgan fingerprint density at radius 1 is 1.22 bits per heavy atom. The van der Waals surface area contributed by atoms with Crippen molar-refractivity contribution >= 4 is 45.2 Å². The van der Waals surface area contributed by atoms with Crippen LogP contribution in [0, 0.1) is 11.3 Å². The topological polar surface area (TPSA) is 73.2 Å². The second kappa shape index (κ2) is 8.42. The van der Waals surface area contributed by atoms with Crippen LogP contribution in [0.15, 0.2) is 69.7 Å². The molecule has 1 N–H and O–H groups in total. The Kier molecular flexibility index (Phi) is 5.99. The molecule has 2 aromatic rings. The lowest BCUT2D eigenvalue weighted by molar-refractivity contribution is -0.117. The average molecular weight is 442 g/mol. The van der Waals surface area contributed by atoms with Crippen LogP contribution >= 0.6 is 27.7 Å². The highest BCUT2D eigenvalue weighted by molar-refractivity contribution is 9.10. The number of rotatable bonds is 4.